The number of hydrogen-bond donors (Lipinski definition) is 4. The van der Waals surface area contributed by atoms with Gasteiger partial charge in [-0.3, -0.25) is 9.59 Å². The zero-order valence-corrected chi connectivity index (χ0v) is 32.2. The molecule has 4 N–H and O–H groups in total. The first-order valence-corrected chi connectivity index (χ1v) is 20.5. The molecule has 1 rings (SSSR count). The molecule has 0 aromatic carbocycles. The van der Waals surface area contributed by atoms with Crippen molar-refractivity contribution in [2.24, 2.45) is 17.8 Å². The Labute approximate surface area is 305 Å². The minimum absolute atomic E-state index is 0.123. The van der Waals surface area contributed by atoms with Gasteiger partial charge in [0, 0.05) is 25.2 Å². The third-order valence-electron chi connectivity index (χ3n) is 10.00. The van der Waals surface area contributed by atoms with E-state index >= 15 is 0 Å². The first-order valence-electron chi connectivity index (χ1n) is 20.5. The van der Waals surface area contributed by atoms with Crippen molar-refractivity contribution in [1.29, 1.82) is 0 Å². The van der Waals surface area contributed by atoms with Gasteiger partial charge in [0.1, 0.15) is 6.61 Å². The quantitative estimate of drug-likeness (QED) is 0.0309. The molecule has 1 aliphatic rings. The van der Waals surface area contributed by atoms with E-state index in [9.17, 15) is 30.0 Å². The van der Waals surface area contributed by atoms with Gasteiger partial charge in [-0.25, -0.2) is 0 Å². The van der Waals surface area contributed by atoms with Gasteiger partial charge in [-0.15, -0.1) is 0 Å². The molecule has 8 heteroatoms. The van der Waals surface area contributed by atoms with Crippen LogP contribution < -0.4 is 0 Å². The zero-order chi connectivity index (χ0) is 36.8. The lowest BCUT2D eigenvalue weighted by Gasteiger charge is -2.19. The molecule has 0 aromatic rings. The third-order valence-corrected chi connectivity index (χ3v) is 10.00. The number of aliphatic hydroxyl groups excluding tert-OH is 4. The Hall–Kier alpha value is -1.74. The Bertz CT molecular complexity index is 887. The summed E-state index contributed by atoms with van der Waals surface area (Å²) in [6.07, 6.45) is 29.0. The lowest BCUT2D eigenvalue weighted by molar-refractivity contribution is -0.161. The molecule has 0 spiro atoms. The zero-order valence-electron chi connectivity index (χ0n) is 32.2. The summed E-state index contributed by atoms with van der Waals surface area (Å²) in [6, 6.07) is 0. The van der Waals surface area contributed by atoms with Crippen molar-refractivity contribution >= 4 is 11.9 Å². The number of aliphatic hydroxyl groups is 4. The molecule has 292 valence electrons. The van der Waals surface area contributed by atoms with Crippen LogP contribution in [0, 0.1) is 17.8 Å². The van der Waals surface area contributed by atoms with Gasteiger partial charge >= 0.3 is 11.9 Å². The van der Waals surface area contributed by atoms with Gasteiger partial charge < -0.3 is 29.9 Å². The molecule has 0 aromatic heterocycles. The van der Waals surface area contributed by atoms with Crippen LogP contribution in [0.2, 0.25) is 0 Å². The van der Waals surface area contributed by atoms with Gasteiger partial charge in [-0.05, 0) is 43.9 Å². The van der Waals surface area contributed by atoms with E-state index in [2.05, 4.69) is 20.8 Å². The Morgan fingerprint density at radius 2 is 1.32 bits per heavy atom. The predicted octanol–water partition coefficient (Wildman–Crippen LogP) is 8.91. The molecule has 50 heavy (non-hydrogen) atoms. The smallest absolute Gasteiger partial charge is 0.306 e. The fourth-order valence-electron chi connectivity index (χ4n) is 6.79. The maximum atomic E-state index is 12.3. The minimum Gasteiger partial charge on any atom is -0.462 e. The van der Waals surface area contributed by atoms with Crippen molar-refractivity contribution in [3.63, 3.8) is 0 Å². The molecule has 6 atom stereocenters. The summed E-state index contributed by atoms with van der Waals surface area (Å²) in [5.41, 5.74) is 0. The van der Waals surface area contributed by atoms with Gasteiger partial charge in [0.05, 0.1) is 24.9 Å². The summed E-state index contributed by atoms with van der Waals surface area (Å²) in [5.74, 6) is -0.263. The van der Waals surface area contributed by atoms with Crippen molar-refractivity contribution < 1.29 is 39.5 Å². The number of hydrogen-bond acceptors (Lipinski definition) is 8. The van der Waals surface area contributed by atoms with E-state index < -0.39 is 37.0 Å². The highest BCUT2D eigenvalue weighted by Crippen LogP contribution is 2.36. The van der Waals surface area contributed by atoms with Gasteiger partial charge in [0.2, 0.25) is 0 Å². The Kier molecular flexibility index (Phi) is 28.6. The molecule has 1 saturated carbocycles. The van der Waals surface area contributed by atoms with E-state index in [4.69, 9.17) is 9.47 Å². The summed E-state index contributed by atoms with van der Waals surface area (Å²) in [5, 5.41) is 40.7. The highest BCUT2D eigenvalue weighted by molar-refractivity contribution is 5.70. The first kappa shape index (κ1) is 46.3. The van der Waals surface area contributed by atoms with Gasteiger partial charge in [-0.1, -0.05) is 148 Å². The van der Waals surface area contributed by atoms with Crippen molar-refractivity contribution in [1.82, 2.24) is 0 Å². The fraction of sp³-hybridized carbons (Fsp3) is 0.857. The van der Waals surface area contributed by atoms with E-state index in [0.29, 0.717) is 38.5 Å². The molecule has 0 radical (unpaired) electrons. The molecule has 8 nitrogen and oxygen atoms in total. The summed E-state index contributed by atoms with van der Waals surface area (Å²) in [7, 11) is 0. The summed E-state index contributed by atoms with van der Waals surface area (Å²) in [4.78, 5) is 24.4. The van der Waals surface area contributed by atoms with Gasteiger partial charge in [0.25, 0.3) is 0 Å². The number of allylic oxidation sites excluding steroid dienone is 2. The Morgan fingerprint density at radius 3 is 1.92 bits per heavy atom. The number of rotatable bonds is 32. The monoisotopic (exact) mass is 709 g/mol. The van der Waals surface area contributed by atoms with E-state index in [0.717, 1.165) is 44.4 Å². The second kappa shape index (κ2) is 30.8. The predicted molar refractivity (Wildman–Crippen MR) is 203 cm³/mol. The number of ether oxygens (including phenoxy) is 2. The van der Waals surface area contributed by atoms with E-state index in [1.807, 2.05) is 18.2 Å². The molecule has 0 unspecified atom stereocenters. The largest absolute Gasteiger partial charge is 0.462 e. The number of unbranched alkanes of at least 4 members (excludes halogenated alkanes) is 15. The summed E-state index contributed by atoms with van der Waals surface area (Å²) < 4.78 is 10.6. The maximum Gasteiger partial charge on any atom is 0.306 e. The van der Waals surface area contributed by atoms with E-state index in [1.165, 1.54) is 70.6 Å². The average molecular weight is 709 g/mol. The minimum atomic E-state index is -0.864. The normalized spacial score (nSPS) is 20.6. The van der Waals surface area contributed by atoms with Crippen LogP contribution in [0.25, 0.3) is 0 Å². The summed E-state index contributed by atoms with van der Waals surface area (Å²) in [6.45, 7) is 6.18. The molecule has 1 fully saturated rings. The molecule has 0 heterocycles. The van der Waals surface area contributed by atoms with Crippen LogP contribution in [-0.4, -0.2) is 70.0 Å². The van der Waals surface area contributed by atoms with Crippen LogP contribution in [0.5, 0.6) is 0 Å². The molecular formula is C42H76O8. The van der Waals surface area contributed by atoms with E-state index in [1.54, 1.807) is 6.08 Å². The number of carbonyl (C=O) groups excluding carboxylic acids is 2. The summed E-state index contributed by atoms with van der Waals surface area (Å²) >= 11 is 0. The van der Waals surface area contributed by atoms with E-state index in [-0.39, 0.29) is 30.8 Å². The Balaban J connectivity index is 2.10. The van der Waals surface area contributed by atoms with Crippen LogP contribution in [0.4, 0.5) is 0 Å². The van der Waals surface area contributed by atoms with Crippen LogP contribution >= 0.6 is 0 Å². The molecule has 0 saturated heterocycles. The van der Waals surface area contributed by atoms with Crippen molar-refractivity contribution in [3.05, 3.63) is 24.3 Å². The number of esters is 2. The van der Waals surface area contributed by atoms with Crippen LogP contribution in [0.1, 0.15) is 175 Å². The highest BCUT2D eigenvalue weighted by Gasteiger charge is 2.39. The SMILES string of the molecule is CCCCC[C@H](O)/C=C/[C@@H]1[C@@H](C/C=C/CCCC(=O)O[C@@H](CO)COC(=O)CCCCCCCCCCCCCCCC(C)C)[C@@H](O)C[C@H]1O. The Morgan fingerprint density at radius 1 is 0.740 bits per heavy atom. The fourth-order valence-corrected chi connectivity index (χ4v) is 6.79. The average Bonchev–Trinajstić information content (AvgIpc) is 3.35. The first-order chi connectivity index (χ1) is 24.2. The second-order valence-electron chi connectivity index (χ2n) is 15.2. The van der Waals surface area contributed by atoms with Crippen LogP contribution in [0.3, 0.4) is 0 Å². The van der Waals surface area contributed by atoms with Crippen molar-refractivity contribution in [2.45, 2.75) is 199 Å². The van der Waals surface area contributed by atoms with Crippen molar-refractivity contribution in [3.8, 4) is 0 Å². The van der Waals surface area contributed by atoms with Crippen LogP contribution in [0.15, 0.2) is 24.3 Å². The number of carbonyl (C=O) groups is 2. The van der Waals surface area contributed by atoms with Gasteiger partial charge in [-0.2, -0.15) is 0 Å². The second-order valence-corrected chi connectivity index (χ2v) is 15.2. The van der Waals surface area contributed by atoms with Crippen LogP contribution in [-0.2, 0) is 19.1 Å². The highest BCUT2D eigenvalue weighted by atomic mass is 16.6. The topological polar surface area (TPSA) is 134 Å². The van der Waals surface area contributed by atoms with Crippen molar-refractivity contribution in [2.75, 3.05) is 13.2 Å². The molecule has 0 amide bonds. The maximum absolute atomic E-state index is 12.3. The third kappa shape index (κ3) is 24.4. The molecular weight excluding hydrogens is 632 g/mol. The molecule has 0 bridgehead atoms. The van der Waals surface area contributed by atoms with Gasteiger partial charge in [0.15, 0.2) is 6.10 Å². The lowest BCUT2D eigenvalue weighted by Crippen LogP contribution is -2.28. The standard InChI is InChI=1S/C42H76O8/c1-4-5-19-25-35(44)29-30-38-37(39(45)31-40(38)46)26-21-17-18-23-28-42(48)50-36(32-43)33-49-41(47)27-22-16-14-12-10-8-6-7-9-11-13-15-20-24-34(2)3/h17,21,29-30,34-40,43-46H,4-16,18-20,22-28,31-33H2,1-3H3/b21-17+,30-29+/t35-,36-,37+,38+,39-,40+/m0/s1. The molecule has 1 aliphatic carbocycles. The lowest BCUT2D eigenvalue weighted by atomic mass is 9.89. The molecule has 0 aliphatic heterocycles.